The van der Waals surface area contributed by atoms with Crippen molar-refractivity contribution >= 4 is 10.0 Å². The van der Waals surface area contributed by atoms with Gasteiger partial charge in [0.25, 0.3) is 0 Å². The summed E-state index contributed by atoms with van der Waals surface area (Å²) in [7, 11) is -3.05. The van der Waals surface area contributed by atoms with E-state index in [-0.39, 0.29) is 0 Å². The summed E-state index contributed by atoms with van der Waals surface area (Å²) in [5.41, 5.74) is 1.97. The molecule has 1 aliphatic heterocycles. The van der Waals surface area contributed by atoms with Crippen molar-refractivity contribution in [2.45, 2.75) is 13.0 Å². The van der Waals surface area contributed by atoms with Crippen LogP contribution in [0.25, 0.3) is 0 Å². The van der Waals surface area contributed by atoms with Gasteiger partial charge in [-0.3, -0.25) is 5.10 Å². The SMILES string of the molecule is CS(=O)(=O)N1CCc2n[nH]cc2C1. The fraction of sp³-hybridized carbons (Fsp3) is 0.571. The Morgan fingerprint density at radius 3 is 3.08 bits per heavy atom. The smallest absolute Gasteiger partial charge is 0.211 e. The summed E-state index contributed by atoms with van der Waals surface area (Å²) < 4.78 is 23.9. The molecule has 1 N–H and O–H groups in total. The largest absolute Gasteiger partial charge is 0.285 e. The molecule has 2 rings (SSSR count). The Bertz CT molecular complexity index is 409. The van der Waals surface area contributed by atoms with Crippen molar-refractivity contribution in [1.82, 2.24) is 14.5 Å². The number of aromatic amines is 1. The van der Waals surface area contributed by atoms with E-state index in [1.165, 1.54) is 10.6 Å². The van der Waals surface area contributed by atoms with Crippen LogP contribution in [0.3, 0.4) is 0 Å². The predicted octanol–water partition coefficient (Wildman–Crippen LogP) is -0.273. The molecule has 72 valence electrons. The first-order valence-electron chi connectivity index (χ1n) is 4.04. The van der Waals surface area contributed by atoms with E-state index < -0.39 is 10.0 Å². The minimum Gasteiger partial charge on any atom is -0.285 e. The van der Waals surface area contributed by atoms with Gasteiger partial charge in [-0.1, -0.05) is 0 Å². The summed E-state index contributed by atoms with van der Waals surface area (Å²) in [6, 6.07) is 0. The number of hydrogen-bond acceptors (Lipinski definition) is 3. The quantitative estimate of drug-likeness (QED) is 0.680. The second kappa shape index (κ2) is 2.81. The van der Waals surface area contributed by atoms with Gasteiger partial charge in [-0.2, -0.15) is 9.40 Å². The van der Waals surface area contributed by atoms with E-state index in [4.69, 9.17) is 0 Å². The van der Waals surface area contributed by atoms with Gasteiger partial charge in [0.05, 0.1) is 11.9 Å². The Kier molecular flexibility index (Phi) is 1.88. The first-order valence-corrected chi connectivity index (χ1v) is 5.89. The van der Waals surface area contributed by atoms with Gasteiger partial charge in [0.1, 0.15) is 0 Å². The third-order valence-electron chi connectivity index (χ3n) is 2.22. The lowest BCUT2D eigenvalue weighted by atomic mass is 10.1. The van der Waals surface area contributed by atoms with E-state index in [2.05, 4.69) is 10.2 Å². The van der Waals surface area contributed by atoms with E-state index in [1.54, 1.807) is 6.20 Å². The molecule has 0 aliphatic carbocycles. The van der Waals surface area contributed by atoms with Gasteiger partial charge in [-0.05, 0) is 0 Å². The van der Waals surface area contributed by atoms with Crippen LogP contribution in [0.2, 0.25) is 0 Å². The summed E-state index contributed by atoms with van der Waals surface area (Å²) in [6.45, 7) is 0.987. The van der Waals surface area contributed by atoms with E-state index in [0.717, 1.165) is 11.3 Å². The molecule has 0 saturated carbocycles. The van der Waals surface area contributed by atoms with Crippen LogP contribution in [-0.2, 0) is 23.0 Å². The summed E-state index contributed by atoms with van der Waals surface area (Å²) in [5, 5.41) is 6.77. The summed E-state index contributed by atoms with van der Waals surface area (Å²) in [5.74, 6) is 0. The number of H-pyrrole nitrogens is 1. The van der Waals surface area contributed by atoms with Gasteiger partial charge < -0.3 is 0 Å². The molecule has 0 amide bonds. The van der Waals surface area contributed by atoms with Crippen molar-refractivity contribution in [3.63, 3.8) is 0 Å². The predicted molar refractivity (Wildman–Crippen MR) is 47.5 cm³/mol. The lowest BCUT2D eigenvalue weighted by Gasteiger charge is -2.23. The molecule has 0 saturated heterocycles. The highest BCUT2D eigenvalue weighted by atomic mass is 32.2. The van der Waals surface area contributed by atoms with Crippen LogP contribution in [0, 0.1) is 0 Å². The molecule has 0 spiro atoms. The molecule has 0 aromatic carbocycles. The molecule has 1 aliphatic rings. The van der Waals surface area contributed by atoms with E-state index in [0.29, 0.717) is 19.5 Å². The number of aromatic nitrogens is 2. The molecular formula is C7H11N3O2S. The Hall–Kier alpha value is -0.880. The Labute approximate surface area is 76.8 Å². The Morgan fingerprint density at radius 2 is 2.38 bits per heavy atom. The van der Waals surface area contributed by atoms with Gasteiger partial charge >= 0.3 is 0 Å². The molecule has 1 aromatic rings. The van der Waals surface area contributed by atoms with Crippen LogP contribution >= 0.6 is 0 Å². The lowest BCUT2D eigenvalue weighted by molar-refractivity contribution is 0.393. The molecule has 6 heteroatoms. The maximum atomic E-state index is 11.2. The number of rotatable bonds is 1. The maximum absolute atomic E-state index is 11.2. The molecule has 0 radical (unpaired) electrons. The van der Waals surface area contributed by atoms with Crippen LogP contribution in [0.15, 0.2) is 6.20 Å². The first-order chi connectivity index (χ1) is 6.07. The molecule has 0 unspecified atom stereocenters. The monoisotopic (exact) mass is 201 g/mol. The molecular weight excluding hydrogens is 190 g/mol. The zero-order valence-electron chi connectivity index (χ0n) is 7.32. The van der Waals surface area contributed by atoms with Crippen LogP contribution < -0.4 is 0 Å². The molecule has 13 heavy (non-hydrogen) atoms. The highest BCUT2D eigenvalue weighted by Gasteiger charge is 2.24. The highest BCUT2D eigenvalue weighted by molar-refractivity contribution is 7.88. The van der Waals surface area contributed by atoms with E-state index in [1.807, 2.05) is 0 Å². The Morgan fingerprint density at radius 1 is 1.62 bits per heavy atom. The zero-order chi connectivity index (χ0) is 9.47. The first kappa shape index (κ1) is 8.71. The van der Waals surface area contributed by atoms with Crippen molar-refractivity contribution in [1.29, 1.82) is 0 Å². The summed E-state index contributed by atoms with van der Waals surface area (Å²) in [4.78, 5) is 0. The maximum Gasteiger partial charge on any atom is 0.211 e. The average molecular weight is 201 g/mol. The van der Waals surface area contributed by atoms with Crippen molar-refractivity contribution in [3.05, 3.63) is 17.5 Å². The number of fused-ring (bicyclic) bond motifs is 1. The third kappa shape index (κ3) is 1.59. The Balaban J connectivity index is 2.27. The molecule has 2 heterocycles. The zero-order valence-corrected chi connectivity index (χ0v) is 8.13. The van der Waals surface area contributed by atoms with E-state index in [9.17, 15) is 8.42 Å². The summed E-state index contributed by atoms with van der Waals surface area (Å²) in [6.07, 6.45) is 3.69. The topological polar surface area (TPSA) is 66.1 Å². The molecule has 1 aromatic heterocycles. The van der Waals surface area contributed by atoms with Crippen molar-refractivity contribution < 1.29 is 8.42 Å². The fourth-order valence-electron chi connectivity index (χ4n) is 1.48. The van der Waals surface area contributed by atoms with Crippen LogP contribution in [0.5, 0.6) is 0 Å². The summed E-state index contributed by atoms with van der Waals surface area (Å²) >= 11 is 0. The number of nitrogens with one attached hydrogen (secondary N) is 1. The van der Waals surface area contributed by atoms with Crippen LogP contribution in [0.4, 0.5) is 0 Å². The van der Waals surface area contributed by atoms with Gasteiger partial charge in [-0.25, -0.2) is 8.42 Å². The number of sulfonamides is 1. The van der Waals surface area contributed by atoms with Crippen molar-refractivity contribution in [3.8, 4) is 0 Å². The number of hydrogen-bond donors (Lipinski definition) is 1. The van der Waals surface area contributed by atoms with Crippen molar-refractivity contribution in [2.75, 3.05) is 12.8 Å². The number of nitrogens with zero attached hydrogens (tertiary/aromatic N) is 2. The average Bonchev–Trinajstić information content (AvgIpc) is 2.47. The molecule has 0 atom stereocenters. The second-order valence-electron chi connectivity index (χ2n) is 3.20. The lowest BCUT2D eigenvalue weighted by Crippen LogP contribution is -2.34. The van der Waals surface area contributed by atoms with Crippen LogP contribution in [-0.4, -0.2) is 35.7 Å². The molecule has 5 nitrogen and oxygen atoms in total. The highest BCUT2D eigenvalue weighted by Crippen LogP contribution is 2.17. The van der Waals surface area contributed by atoms with Gasteiger partial charge in [0, 0.05) is 31.3 Å². The second-order valence-corrected chi connectivity index (χ2v) is 5.19. The van der Waals surface area contributed by atoms with Gasteiger partial charge in [0.2, 0.25) is 10.0 Å². The third-order valence-corrected chi connectivity index (χ3v) is 3.47. The molecule has 0 fully saturated rings. The van der Waals surface area contributed by atoms with Gasteiger partial charge in [-0.15, -0.1) is 0 Å². The normalized spacial score (nSPS) is 18.5. The fourth-order valence-corrected chi connectivity index (χ4v) is 2.28. The van der Waals surface area contributed by atoms with E-state index >= 15 is 0 Å². The minimum atomic E-state index is -3.05. The van der Waals surface area contributed by atoms with Gasteiger partial charge in [0.15, 0.2) is 0 Å². The molecule has 0 bridgehead atoms. The minimum absolute atomic E-state index is 0.449. The van der Waals surface area contributed by atoms with Crippen LogP contribution in [0.1, 0.15) is 11.3 Å². The van der Waals surface area contributed by atoms with Crippen molar-refractivity contribution in [2.24, 2.45) is 0 Å². The standard InChI is InChI=1S/C7H11N3O2S/c1-13(11,12)10-3-2-7-6(5-10)4-8-9-7/h4H,2-3,5H2,1H3,(H,8,9).